The van der Waals surface area contributed by atoms with Crippen LogP contribution in [0.1, 0.15) is 77.7 Å². The number of rotatable bonds is 4. The van der Waals surface area contributed by atoms with Gasteiger partial charge in [0, 0.05) is 24.7 Å². The summed E-state index contributed by atoms with van der Waals surface area (Å²) < 4.78 is 0. The molecule has 0 unspecified atom stereocenters. The molecule has 1 saturated carbocycles. The topological polar surface area (TPSA) is 37.8 Å². The molecule has 118 valence electrons. The standard InChI is InChI=1S/C18H31N3/c1-13(2)20-12-16-10-11-19-17(21-16)14-6-8-15(9-7-14)18(3,4)5/h10-11,13-15,20H,6-9,12H2,1-5H3. The van der Waals surface area contributed by atoms with Crippen molar-refractivity contribution < 1.29 is 0 Å². The van der Waals surface area contributed by atoms with Crippen molar-refractivity contribution in [3.05, 3.63) is 23.8 Å². The Morgan fingerprint density at radius 2 is 1.86 bits per heavy atom. The van der Waals surface area contributed by atoms with Gasteiger partial charge >= 0.3 is 0 Å². The van der Waals surface area contributed by atoms with E-state index in [2.05, 4.69) is 44.9 Å². The van der Waals surface area contributed by atoms with E-state index in [9.17, 15) is 0 Å². The highest BCUT2D eigenvalue weighted by Crippen LogP contribution is 2.42. The molecule has 2 rings (SSSR count). The molecule has 0 atom stereocenters. The minimum absolute atomic E-state index is 0.439. The Morgan fingerprint density at radius 1 is 1.19 bits per heavy atom. The average molecular weight is 289 g/mol. The van der Waals surface area contributed by atoms with Crippen molar-refractivity contribution in [3.63, 3.8) is 0 Å². The highest BCUT2D eigenvalue weighted by atomic mass is 14.9. The fourth-order valence-corrected chi connectivity index (χ4v) is 3.23. The Bertz CT molecular complexity index is 440. The number of nitrogens with one attached hydrogen (secondary N) is 1. The van der Waals surface area contributed by atoms with Gasteiger partial charge in [-0.15, -0.1) is 0 Å². The monoisotopic (exact) mass is 289 g/mol. The molecule has 3 heteroatoms. The predicted octanol–water partition coefficient (Wildman–Crippen LogP) is 4.29. The molecule has 0 aromatic carbocycles. The maximum Gasteiger partial charge on any atom is 0.131 e. The van der Waals surface area contributed by atoms with Gasteiger partial charge in [0.25, 0.3) is 0 Å². The maximum absolute atomic E-state index is 4.78. The Labute approximate surface area is 130 Å². The van der Waals surface area contributed by atoms with Crippen molar-refractivity contribution in [2.45, 2.75) is 78.8 Å². The first-order valence-corrected chi connectivity index (χ1v) is 8.41. The van der Waals surface area contributed by atoms with Gasteiger partial charge in [-0.2, -0.15) is 0 Å². The first-order chi connectivity index (χ1) is 9.86. The molecule has 1 N–H and O–H groups in total. The van der Waals surface area contributed by atoms with Crippen LogP contribution in [-0.4, -0.2) is 16.0 Å². The van der Waals surface area contributed by atoms with Crippen molar-refractivity contribution in [3.8, 4) is 0 Å². The molecule has 0 aliphatic heterocycles. The fraction of sp³-hybridized carbons (Fsp3) is 0.778. The summed E-state index contributed by atoms with van der Waals surface area (Å²) in [5.41, 5.74) is 1.56. The highest BCUT2D eigenvalue weighted by Gasteiger charge is 2.31. The SMILES string of the molecule is CC(C)NCc1ccnc(C2CCC(C(C)(C)C)CC2)n1. The van der Waals surface area contributed by atoms with E-state index in [1.54, 1.807) is 0 Å². The first kappa shape index (κ1) is 16.4. The van der Waals surface area contributed by atoms with Crippen molar-refractivity contribution >= 4 is 0 Å². The second-order valence-electron chi connectivity index (χ2n) is 7.86. The molecular formula is C18H31N3. The molecule has 0 radical (unpaired) electrons. The number of nitrogens with zero attached hydrogens (tertiary/aromatic N) is 2. The molecule has 1 fully saturated rings. The molecule has 0 spiro atoms. The zero-order valence-electron chi connectivity index (χ0n) is 14.3. The molecule has 3 nitrogen and oxygen atoms in total. The summed E-state index contributed by atoms with van der Waals surface area (Å²) in [6.45, 7) is 12.3. The molecule has 0 amide bonds. The summed E-state index contributed by atoms with van der Waals surface area (Å²) >= 11 is 0. The van der Waals surface area contributed by atoms with Gasteiger partial charge in [-0.05, 0) is 43.1 Å². The fourth-order valence-electron chi connectivity index (χ4n) is 3.23. The van der Waals surface area contributed by atoms with Crippen molar-refractivity contribution in [2.24, 2.45) is 11.3 Å². The van der Waals surface area contributed by atoms with Gasteiger partial charge in [0.2, 0.25) is 0 Å². The molecule has 1 aromatic heterocycles. The third kappa shape index (κ3) is 4.77. The Kier molecular flexibility index (Phi) is 5.37. The number of aromatic nitrogens is 2. The Balaban J connectivity index is 1.95. The van der Waals surface area contributed by atoms with Crippen LogP contribution >= 0.6 is 0 Å². The van der Waals surface area contributed by atoms with Crippen LogP contribution in [0.4, 0.5) is 0 Å². The summed E-state index contributed by atoms with van der Waals surface area (Å²) in [6.07, 6.45) is 7.03. The lowest BCUT2D eigenvalue weighted by atomic mass is 9.69. The molecule has 0 saturated heterocycles. The molecule has 1 aliphatic carbocycles. The van der Waals surface area contributed by atoms with E-state index >= 15 is 0 Å². The van der Waals surface area contributed by atoms with Gasteiger partial charge < -0.3 is 5.32 Å². The summed E-state index contributed by atoms with van der Waals surface area (Å²) in [6, 6.07) is 2.52. The maximum atomic E-state index is 4.78. The average Bonchev–Trinajstić information content (AvgIpc) is 2.45. The van der Waals surface area contributed by atoms with Crippen LogP contribution in [0, 0.1) is 11.3 Å². The van der Waals surface area contributed by atoms with Gasteiger partial charge in [0.05, 0.1) is 5.69 Å². The van der Waals surface area contributed by atoms with Crippen LogP contribution in [0.5, 0.6) is 0 Å². The van der Waals surface area contributed by atoms with Crippen molar-refractivity contribution in [1.29, 1.82) is 0 Å². The summed E-state index contributed by atoms with van der Waals surface area (Å²) in [5, 5.41) is 3.43. The van der Waals surface area contributed by atoms with Gasteiger partial charge in [0.1, 0.15) is 5.82 Å². The van der Waals surface area contributed by atoms with Crippen LogP contribution in [0.2, 0.25) is 0 Å². The Hall–Kier alpha value is -0.960. The lowest BCUT2D eigenvalue weighted by molar-refractivity contribution is 0.167. The van der Waals surface area contributed by atoms with E-state index in [1.165, 1.54) is 25.7 Å². The van der Waals surface area contributed by atoms with Crippen LogP contribution in [-0.2, 0) is 6.54 Å². The van der Waals surface area contributed by atoms with Crippen molar-refractivity contribution in [1.82, 2.24) is 15.3 Å². The summed E-state index contributed by atoms with van der Waals surface area (Å²) in [5.74, 6) is 2.47. The normalized spacial score (nSPS) is 23.5. The van der Waals surface area contributed by atoms with Gasteiger partial charge in [0.15, 0.2) is 0 Å². The quantitative estimate of drug-likeness (QED) is 0.898. The third-order valence-electron chi connectivity index (χ3n) is 4.74. The molecule has 1 aromatic rings. The molecule has 1 aliphatic rings. The lowest BCUT2D eigenvalue weighted by Gasteiger charge is -2.36. The minimum Gasteiger partial charge on any atom is -0.309 e. The Morgan fingerprint density at radius 3 is 2.43 bits per heavy atom. The third-order valence-corrected chi connectivity index (χ3v) is 4.74. The second-order valence-corrected chi connectivity index (χ2v) is 7.86. The first-order valence-electron chi connectivity index (χ1n) is 8.41. The van der Waals surface area contributed by atoms with E-state index in [0.29, 0.717) is 17.4 Å². The van der Waals surface area contributed by atoms with E-state index in [1.807, 2.05) is 12.3 Å². The van der Waals surface area contributed by atoms with E-state index in [4.69, 9.17) is 4.98 Å². The van der Waals surface area contributed by atoms with Crippen molar-refractivity contribution in [2.75, 3.05) is 0 Å². The van der Waals surface area contributed by atoms with Crippen LogP contribution < -0.4 is 5.32 Å². The largest absolute Gasteiger partial charge is 0.309 e. The molecule has 1 heterocycles. The van der Waals surface area contributed by atoms with Crippen LogP contribution in [0.3, 0.4) is 0 Å². The van der Waals surface area contributed by atoms with E-state index in [-0.39, 0.29) is 0 Å². The molecular weight excluding hydrogens is 258 g/mol. The van der Waals surface area contributed by atoms with Gasteiger partial charge in [-0.3, -0.25) is 0 Å². The van der Waals surface area contributed by atoms with E-state index < -0.39 is 0 Å². The number of hydrogen-bond acceptors (Lipinski definition) is 3. The van der Waals surface area contributed by atoms with E-state index in [0.717, 1.165) is 24.0 Å². The summed E-state index contributed by atoms with van der Waals surface area (Å²) in [7, 11) is 0. The minimum atomic E-state index is 0.439. The lowest BCUT2D eigenvalue weighted by Crippen LogP contribution is -2.26. The highest BCUT2D eigenvalue weighted by molar-refractivity contribution is 5.07. The molecule has 21 heavy (non-hydrogen) atoms. The second kappa shape index (κ2) is 6.87. The smallest absolute Gasteiger partial charge is 0.131 e. The summed E-state index contributed by atoms with van der Waals surface area (Å²) in [4.78, 5) is 9.32. The molecule has 0 bridgehead atoms. The zero-order valence-corrected chi connectivity index (χ0v) is 14.3. The zero-order chi connectivity index (χ0) is 15.5. The predicted molar refractivity (Wildman–Crippen MR) is 88.2 cm³/mol. The van der Waals surface area contributed by atoms with Gasteiger partial charge in [-0.25, -0.2) is 9.97 Å². The number of hydrogen-bond donors (Lipinski definition) is 1. The van der Waals surface area contributed by atoms with Crippen LogP contribution in [0.25, 0.3) is 0 Å². The van der Waals surface area contributed by atoms with Gasteiger partial charge in [-0.1, -0.05) is 34.6 Å². The van der Waals surface area contributed by atoms with Crippen LogP contribution in [0.15, 0.2) is 12.3 Å².